The highest BCUT2D eigenvalue weighted by Gasteiger charge is 2.18. The highest BCUT2D eigenvalue weighted by Crippen LogP contribution is 2.12. The van der Waals surface area contributed by atoms with Gasteiger partial charge in [-0.1, -0.05) is 17.3 Å². The Labute approximate surface area is 99.0 Å². The maximum Gasteiger partial charge on any atom is 0.248 e. The molecule has 2 aromatic rings. The molecule has 92 valence electrons. The van der Waals surface area contributed by atoms with Crippen molar-refractivity contribution in [1.82, 2.24) is 25.1 Å². The van der Waals surface area contributed by atoms with E-state index in [9.17, 15) is 0 Å². The summed E-state index contributed by atoms with van der Waals surface area (Å²) in [6.07, 6.45) is 2.54. The van der Waals surface area contributed by atoms with Gasteiger partial charge < -0.3 is 10.3 Å². The molecule has 0 aliphatic rings. The zero-order chi connectivity index (χ0) is 12.5. The van der Waals surface area contributed by atoms with E-state index in [1.54, 1.807) is 10.9 Å². The molecule has 0 bridgehead atoms. The quantitative estimate of drug-likeness (QED) is 0.828. The van der Waals surface area contributed by atoms with Gasteiger partial charge in [-0.25, -0.2) is 4.68 Å². The highest BCUT2D eigenvalue weighted by molar-refractivity contribution is 5.05. The Morgan fingerprint density at radius 3 is 2.76 bits per heavy atom. The Morgan fingerprint density at radius 2 is 2.24 bits per heavy atom. The third-order valence-corrected chi connectivity index (χ3v) is 2.32. The standard InChI is InChI=1S/C10H16N6O/c1-4-8-12-9(17-14-8)6-16-5-7(13-15-16)10(2,3)11/h5H,4,6,11H2,1-3H3. The van der Waals surface area contributed by atoms with Crippen molar-refractivity contribution in [3.05, 3.63) is 23.6 Å². The number of aryl methyl sites for hydroxylation is 1. The molecule has 7 heteroatoms. The summed E-state index contributed by atoms with van der Waals surface area (Å²) in [5, 5.41) is 11.8. The van der Waals surface area contributed by atoms with Gasteiger partial charge >= 0.3 is 0 Å². The highest BCUT2D eigenvalue weighted by atomic mass is 16.5. The molecular formula is C10H16N6O. The van der Waals surface area contributed by atoms with Crippen LogP contribution in [-0.2, 0) is 18.5 Å². The number of aromatic nitrogens is 5. The Kier molecular flexibility index (Phi) is 2.93. The van der Waals surface area contributed by atoms with Crippen molar-refractivity contribution in [2.45, 2.75) is 39.3 Å². The monoisotopic (exact) mass is 236 g/mol. The minimum atomic E-state index is -0.498. The van der Waals surface area contributed by atoms with E-state index in [1.165, 1.54) is 0 Å². The van der Waals surface area contributed by atoms with Crippen LogP contribution in [-0.4, -0.2) is 25.1 Å². The van der Waals surface area contributed by atoms with Crippen molar-refractivity contribution in [3.8, 4) is 0 Å². The van der Waals surface area contributed by atoms with Gasteiger partial charge in [-0.3, -0.25) is 0 Å². The van der Waals surface area contributed by atoms with Crippen molar-refractivity contribution < 1.29 is 4.52 Å². The van der Waals surface area contributed by atoms with Gasteiger partial charge in [-0.15, -0.1) is 5.10 Å². The van der Waals surface area contributed by atoms with E-state index < -0.39 is 5.54 Å². The third-order valence-electron chi connectivity index (χ3n) is 2.32. The van der Waals surface area contributed by atoms with Crippen LogP contribution in [0.3, 0.4) is 0 Å². The van der Waals surface area contributed by atoms with E-state index >= 15 is 0 Å². The van der Waals surface area contributed by atoms with Crippen LogP contribution in [0, 0.1) is 0 Å². The third kappa shape index (κ3) is 2.68. The topological polar surface area (TPSA) is 95.7 Å². The largest absolute Gasteiger partial charge is 0.337 e. The Morgan fingerprint density at radius 1 is 1.47 bits per heavy atom. The first-order chi connectivity index (χ1) is 7.99. The van der Waals surface area contributed by atoms with Crippen LogP contribution in [0.25, 0.3) is 0 Å². The predicted molar refractivity (Wildman–Crippen MR) is 60.0 cm³/mol. The summed E-state index contributed by atoms with van der Waals surface area (Å²) in [5.41, 5.74) is 6.15. The van der Waals surface area contributed by atoms with Crippen molar-refractivity contribution in [2.75, 3.05) is 0 Å². The van der Waals surface area contributed by atoms with Gasteiger partial charge in [0.15, 0.2) is 5.82 Å². The maximum absolute atomic E-state index is 5.92. The molecule has 0 amide bonds. The van der Waals surface area contributed by atoms with Crippen molar-refractivity contribution in [1.29, 1.82) is 0 Å². The molecule has 0 spiro atoms. The van der Waals surface area contributed by atoms with Crippen LogP contribution in [0.5, 0.6) is 0 Å². The second-order valence-electron chi connectivity index (χ2n) is 4.48. The zero-order valence-electron chi connectivity index (χ0n) is 10.2. The molecule has 2 rings (SSSR count). The number of nitrogens with zero attached hydrogens (tertiary/aromatic N) is 5. The summed E-state index contributed by atoms with van der Waals surface area (Å²) in [6, 6.07) is 0. The normalized spacial score (nSPS) is 12.0. The Balaban J connectivity index is 2.11. The van der Waals surface area contributed by atoms with Gasteiger partial charge in [0.2, 0.25) is 5.89 Å². The van der Waals surface area contributed by atoms with E-state index in [2.05, 4.69) is 20.5 Å². The second kappa shape index (κ2) is 4.25. The summed E-state index contributed by atoms with van der Waals surface area (Å²) in [5.74, 6) is 1.22. The van der Waals surface area contributed by atoms with E-state index in [4.69, 9.17) is 10.3 Å². The number of nitrogens with two attached hydrogens (primary N) is 1. The molecular weight excluding hydrogens is 220 g/mol. The SMILES string of the molecule is CCc1noc(Cn2cc(C(C)(C)N)nn2)n1. The fourth-order valence-electron chi connectivity index (χ4n) is 1.31. The fraction of sp³-hybridized carbons (Fsp3) is 0.600. The Bertz CT molecular complexity index is 495. The zero-order valence-corrected chi connectivity index (χ0v) is 10.2. The molecule has 2 N–H and O–H groups in total. The van der Waals surface area contributed by atoms with Gasteiger partial charge in [-0.2, -0.15) is 4.98 Å². The van der Waals surface area contributed by atoms with E-state index in [-0.39, 0.29) is 0 Å². The molecule has 0 saturated heterocycles. The molecule has 0 aliphatic heterocycles. The Hall–Kier alpha value is -1.76. The molecule has 0 unspecified atom stereocenters. The minimum absolute atomic E-state index is 0.413. The lowest BCUT2D eigenvalue weighted by Crippen LogP contribution is -2.29. The number of hydrogen-bond donors (Lipinski definition) is 1. The molecule has 2 heterocycles. The van der Waals surface area contributed by atoms with E-state index in [1.807, 2.05) is 20.8 Å². The van der Waals surface area contributed by atoms with Crippen LogP contribution < -0.4 is 5.73 Å². The van der Waals surface area contributed by atoms with E-state index in [0.717, 1.165) is 12.1 Å². The fourth-order valence-corrected chi connectivity index (χ4v) is 1.31. The van der Waals surface area contributed by atoms with Crippen molar-refractivity contribution in [3.63, 3.8) is 0 Å². The van der Waals surface area contributed by atoms with Crippen LogP contribution in [0.15, 0.2) is 10.7 Å². The smallest absolute Gasteiger partial charge is 0.248 e. The predicted octanol–water partition coefficient (Wildman–Crippen LogP) is 0.466. The lowest BCUT2D eigenvalue weighted by molar-refractivity contribution is 0.360. The van der Waals surface area contributed by atoms with Gasteiger partial charge in [0.05, 0.1) is 11.7 Å². The average Bonchev–Trinajstić information content (AvgIpc) is 2.86. The summed E-state index contributed by atoms with van der Waals surface area (Å²) in [4.78, 5) is 4.20. The minimum Gasteiger partial charge on any atom is -0.337 e. The first-order valence-electron chi connectivity index (χ1n) is 5.50. The second-order valence-corrected chi connectivity index (χ2v) is 4.48. The summed E-state index contributed by atoms with van der Waals surface area (Å²) in [6.45, 7) is 6.14. The lowest BCUT2D eigenvalue weighted by Gasteiger charge is -2.13. The van der Waals surface area contributed by atoms with Crippen molar-refractivity contribution >= 4 is 0 Å². The molecule has 0 atom stereocenters. The lowest BCUT2D eigenvalue weighted by atomic mass is 10.0. The average molecular weight is 236 g/mol. The van der Waals surface area contributed by atoms with Gasteiger partial charge in [0.1, 0.15) is 12.2 Å². The first kappa shape index (κ1) is 11.7. The number of hydrogen-bond acceptors (Lipinski definition) is 6. The molecule has 0 radical (unpaired) electrons. The molecule has 7 nitrogen and oxygen atoms in total. The maximum atomic E-state index is 5.92. The van der Waals surface area contributed by atoms with Gasteiger partial charge in [0.25, 0.3) is 0 Å². The summed E-state index contributed by atoms with van der Waals surface area (Å²) in [7, 11) is 0. The molecule has 0 saturated carbocycles. The van der Waals surface area contributed by atoms with Gasteiger partial charge in [0, 0.05) is 6.42 Å². The van der Waals surface area contributed by atoms with Crippen LogP contribution in [0.4, 0.5) is 0 Å². The summed E-state index contributed by atoms with van der Waals surface area (Å²) < 4.78 is 6.71. The number of rotatable bonds is 4. The summed E-state index contributed by atoms with van der Waals surface area (Å²) >= 11 is 0. The molecule has 17 heavy (non-hydrogen) atoms. The molecule has 2 aromatic heterocycles. The molecule has 0 fully saturated rings. The molecule has 0 aromatic carbocycles. The van der Waals surface area contributed by atoms with E-state index in [0.29, 0.717) is 18.3 Å². The van der Waals surface area contributed by atoms with Gasteiger partial charge in [-0.05, 0) is 13.8 Å². The first-order valence-corrected chi connectivity index (χ1v) is 5.50. The van der Waals surface area contributed by atoms with Crippen LogP contribution in [0.1, 0.15) is 38.2 Å². The molecule has 0 aliphatic carbocycles. The van der Waals surface area contributed by atoms with Crippen molar-refractivity contribution in [2.24, 2.45) is 5.73 Å². The van der Waals surface area contributed by atoms with Crippen LogP contribution >= 0.6 is 0 Å². The van der Waals surface area contributed by atoms with Crippen LogP contribution in [0.2, 0.25) is 0 Å².